The van der Waals surface area contributed by atoms with E-state index in [9.17, 15) is 8.78 Å². The van der Waals surface area contributed by atoms with Crippen molar-refractivity contribution in [3.8, 4) is 0 Å². The molecule has 1 unspecified atom stereocenters. The monoisotopic (exact) mass is 275 g/mol. The van der Waals surface area contributed by atoms with Gasteiger partial charge in [-0.1, -0.05) is 18.2 Å². The largest absolute Gasteiger partial charge is 0.309 e. The summed E-state index contributed by atoms with van der Waals surface area (Å²) in [5, 5.41) is 3.08. The molecule has 0 heterocycles. The molecule has 0 aliphatic heterocycles. The van der Waals surface area contributed by atoms with E-state index in [2.05, 4.69) is 5.32 Å². The van der Waals surface area contributed by atoms with Gasteiger partial charge in [0.05, 0.1) is 6.04 Å². The molecule has 3 heteroatoms. The Labute approximate surface area is 118 Å². The molecule has 0 saturated carbocycles. The van der Waals surface area contributed by atoms with E-state index in [0.717, 1.165) is 16.7 Å². The van der Waals surface area contributed by atoms with Gasteiger partial charge in [-0.2, -0.15) is 0 Å². The molecule has 2 rings (SSSR count). The zero-order valence-electron chi connectivity index (χ0n) is 12.2. The van der Waals surface area contributed by atoms with Crippen molar-refractivity contribution < 1.29 is 8.78 Å². The Kier molecular flexibility index (Phi) is 4.19. The van der Waals surface area contributed by atoms with Gasteiger partial charge in [0.15, 0.2) is 0 Å². The SMILES string of the molecule is CNC(c1ccc(C)c(F)c1)c1c(C)cc(C)cc1F. The average Bonchev–Trinajstić information content (AvgIpc) is 2.37. The van der Waals surface area contributed by atoms with Crippen molar-refractivity contribution in [3.63, 3.8) is 0 Å². The predicted octanol–water partition coefficient (Wildman–Crippen LogP) is 4.20. The van der Waals surface area contributed by atoms with Crippen molar-refractivity contribution in [3.05, 3.63) is 69.8 Å². The average molecular weight is 275 g/mol. The quantitative estimate of drug-likeness (QED) is 0.885. The summed E-state index contributed by atoms with van der Waals surface area (Å²) in [6.07, 6.45) is 0. The lowest BCUT2D eigenvalue weighted by atomic mass is 9.93. The van der Waals surface area contributed by atoms with Crippen LogP contribution in [0.15, 0.2) is 30.3 Å². The van der Waals surface area contributed by atoms with Crippen LogP contribution in [0.5, 0.6) is 0 Å². The zero-order chi connectivity index (χ0) is 14.9. The molecule has 0 aromatic heterocycles. The van der Waals surface area contributed by atoms with Gasteiger partial charge in [-0.15, -0.1) is 0 Å². The van der Waals surface area contributed by atoms with E-state index in [0.29, 0.717) is 11.1 Å². The minimum absolute atomic E-state index is 0.261. The number of hydrogen-bond acceptors (Lipinski definition) is 1. The molecule has 1 N–H and O–H groups in total. The first-order chi connectivity index (χ1) is 9.43. The molecule has 0 fully saturated rings. The third-order valence-corrected chi connectivity index (χ3v) is 3.59. The van der Waals surface area contributed by atoms with Gasteiger partial charge in [-0.05, 0) is 62.2 Å². The fraction of sp³-hybridized carbons (Fsp3) is 0.294. The maximum Gasteiger partial charge on any atom is 0.128 e. The van der Waals surface area contributed by atoms with Crippen LogP contribution < -0.4 is 5.32 Å². The van der Waals surface area contributed by atoms with Crippen LogP contribution in [0.4, 0.5) is 8.78 Å². The van der Waals surface area contributed by atoms with Crippen molar-refractivity contribution in [2.24, 2.45) is 0 Å². The van der Waals surface area contributed by atoms with Crippen molar-refractivity contribution in [2.45, 2.75) is 26.8 Å². The fourth-order valence-corrected chi connectivity index (χ4v) is 2.56. The number of halogens is 2. The molecule has 20 heavy (non-hydrogen) atoms. The van der Waals surface area contributed by atoms with Crippen molar-refractivity contribution in [1.82, 2.24) is 5.32 Å². The lowest BCUT2D eigenvalue weighted by Gasteiger charge is -2.21. The van der Waals surface area contributed by atoms with Crippen LogP contribution in [0.3, 0.4) is 0 Å². The lowest BCUT2D eigenvalue weighted by Crippen LogP contribution is -2.20. The van der Waals surface area contributed by atoms with Gasteiger partial charge >= 0.3 is 0 Å². The first kappa shape index (κ1) is 14.7. The predicted molar refractivity (Wildman–Crippen MR) is 77.9 cm³/mol. The molecule has 1 atom stereocenters. The Balaban J connectivity index is 2.55. The van der Waals surface area contributed by atoms with Gasteiger partial charge in [0.25, 0.3) is 0 Å². The molecule has 0 spiro atoms. The van der Waals surface area contributed by atoms with E-state index in [1.165, 1.54) is 12.1 Å². The molecule has 0 bridgehead atoms. The zero-order valence-corrected chi connectivity index (χ0v) is 12.2. The van der Waals surface area contributed by atoms with Crippen LogP contribution in [-0.2, 0) is 0 Å². The maximum atomic E-state index is 14.3. The van der Waals surface area contributed by atoms with Gasteiger partial charge in [0.1, 0.15) is 11.6 Å². The topological polar surface area (TPSA) is 12.0 Å². The minimum atomic E-state index is -0.356. The van der Waals surface area contributed by atoms with Crippen LogP contribution in [0, 0.1) is 32.4 Å². The van der Waals surface area contributed by atoms with Gasteiger partial charge in [0, 0.05) is 5.56 Å². The first-order valence-corrected chi connectivity index (χ1v) is 6.64. The molecule has 2 aromatic carbocycles. The smallest absolute Gasteiger partial charge is 0.128 e. The summed E-state index contributed by atoms with van der Waals surface area (Å²) < 4.78 is 28.0. The van der Waals surface area contributed by atoms with Crippen LogP contribution >= 0.6 is 0 Å². The van der Waals surface area contributed by atoms with Crippen LogP contribution in [0.25, 0.3) is 0 Å². The summed E-state index contributed by atoms with van der Waals surface area (Å²) in [4.78, 5) is 0. The van der Waals surface area contributed by atoms with Crippen LogP contribution in [0.1, 0.15) is 33.9 Å². The number of hydrogen-bond donors (Lipinski definition) is 1. The molecule has 1 nitrogen and oxygen atoms in total. The Morgan fingerprint density at radius 2 is 1.60 bits per heavy atom. The Hall–Kier alpha value is -1.74. The van der Waals surface area contributed by atoms with Crippen LogP contribution in [0.2, 0.25) is 0 Å². The summed E-state index contributed by atoms with van der Waals surface area (Å²) in [6, 6.07) is 8.11. The number of rotatable bonds is 3. The Morgan fingerprint density at radius 3 is 2.15 bits per heavy atom. The fourth-order valence-electron chi connectivity index (χ4n) is 2.56. The van der Waals surface area contributed by atoms with Crippen LogP contribution in [-0.4, -0.2) is 7.05 Å². The molecule has 0 saturated heterocycles. The summed E-state index contributed by atoms with van der Waals surface area (Å²) in [5.41, 5.74) is 3.63. The van der Waals surface area contributed by atoms with E-state index < -0.39 is 0 Å². The van der Waals surface area contributed by atoms with Gasteiger partial charge in [0.2, 0.25) is 0 Å². The first-order valence-electron chi connectivity index (χ1n) is 6.64. The lowest BCUT2D eigenvalue weighted by molar-refractivity contribution is 0.566. The Bertz CT molecular complexity index is 612. The summed E-state index contributed by atoms with van der Waals surface area (Å²) in [5.74, 6) is -0.532. The third-order valence-electron chi connectivity index (χ3n) is 3.59. The second-order valence-electron chi connectivity index (χ2n) is 5.21. The molecule has 106 valence electrons. The number of nitrogens with one attached hydrogen (secondary N) is 1. The highest BCUT2D eigenvalue weighted by molar-refractivity contribution is 5.40. The molecule has 0 amide bonds. The van der Waals surface area contributed by atoms with Gasteiger partial charge in [-0.3, -0.25) is 0 Å². The highest BCUT2D eigenvalue weighted by Gasteiger charge is 2.19. The number of aryl methyl sites for hydroxylation is 3. The summed E-state index contributed by atoms with van der Waals surface area (Å²) in [7, 11) is 1.75. The van der Waals surface area contributed by atoms with Crippen molar-refractivity contribution >= 4 is 0 Å². The highest BCUT2D eigenvalue weighted by Crippen LogP contribution is 2.29. The maximum absolute atomic E-state index is 14.3. The molecule has 0 aliphatic rings. The molecule has 0 aliphatic carbocycles. The molecular weight excluding hydrogens is 256 g/mol. The van der Waals surface area contributed by atoms with Gasteiger partial charge < -0.3 is 5.32 Å². The van der Waals surface area contributed by atoms with Crippen molar-refractivity contribution in [1.29, 1.82) is 0 Å². The van der Waals surface area contributed by atoms with E-state index in [1.54, 1.807) is 20.0 Å². The summed E-state index contributed by atoms with van der Waals surface area (Å²) >= 11 is 0. The normalized spacial score (nSPS) is 12.5. The Morgan fingerprint density at radius 1 is 0.900 bits per heavy atom. The summed E-state index contributed by atoms with van der Waals surface area (Å²) in [6.45, 7) is 5.45. The number of benzene rings is 2. The van der Waals surface area contributed by atoms with E-state index in [1.807, 2.05) is 26.0 Å². The highest BCUT2D eigenvalue weighted by atomic mass is 19.1. The standard InChI is InChI=1S/C17H19F2N/c1-10-7-12(3)16(15(19)8-10)17(20-4)13-6-5-11(2)14(18)9-13/h5-9,17,20H,1-4H3. The minimum Gasteiger partial charge on any atom is -0.309 e. The van der Waals surface area contributed by atoms with E-state index >= 15 is 0 Å². The third kappa shape index (κ3) is 2.73. The second-order valence-corrected chi connectivity index (χ2v) is 5.21. The van der Waals surface area contributed by atoms with E-state index in [4.69, 9.17) is 0 Å². The molecular formula is C17H19F2N. The molecule has 2 aromatic rings. The van der Waals surface area contributed by atoms with E-state index in [-0.39, 0.29) is 17.7 Å². The van der Waals surface area contributed by atoms with Crippen molar-refractivity contribution in [2.75, 3.05) is 7.05 Å². The second kappa shape index (κ2) is 5.71. The molecule has 0 radical (unpaired) electrons. The van der Waals surface area contributed by atoms with Gasteiger partial charge in [-0.25, -0.2) is 8.78 Å².